The zero-order chi connectivity index (χ0) is 11.7. The molecule has 1 unspecified atom stereocenters. The summed E-state index contributed by atoms with van der Waals surface area (Å²) in [4.78, 5) is 14.0. The van der Waals surface area contributed by atoms with E-state index in [0.717, 1.165) is 21.9 Å². The average molecular weight is 384 g/mol. The van der Waals surface area contributed by atoms with Crippen LogP contribution in [0.25, 0.3) is 0 Å². The van der Waals surface area contributed by atoms with Crippen molar-refractivity contribution in [3.8, 4) is 0 Å². The molecule has 0 spiro atoms. The molecule has 2 rings (SSSR count). The molecule has 1 fully saturated rings. The predicted octanol–water partition coefficient (Wildman–Crippen LogP) is 2.81. The van der Waals surface area contributed by atoms with Gasteiger partial charge >= 0.3 is 0 Å². The minimum atomic E-state index is 0. The van der Waals surface area contributed by atoms with E-state index in [0.29, 0.717) is 12.1 Å². The molecule has 2 N–H and O–H groups in total. The first kappa shape index (κ1) is 15.0. The summed E-state index contributed by atoms with van der Waals surface area (Å²) in [5, 5.41) is 0. The van der Waals surface area contributed by atoms with Crippen LogP contribution in [0.3, 0.4) is 0 Å². The van der Waals surface area contributed by atoms with Crippen LogP contribution in [0.4, 0.5) is 0 Å². The van der Waals surface area contributed by atoms with E-state index in [1.54, 1.807) is 4.90 Å². The lowest BCUT2D eigenvalue weighted by Gasteiger charge is -2.16. The fourth-order valence-electron chi connectivity index (χ4n) is 1.81. The maximum absolute atomic E-state index is 12.1. The summed E-state index contributed by atoms with van der Waals surface area (Å²) in [6.07, 6.45) is 0.889. The lowest BCUT2D eigenvalue weighted by atomic mass is 10.2. The quantitative estimate of drug-likeness (QED) is 0.809. The molecule has 1 atom stereocenters. The van der Waals surface area contributed by atoms with Crippen molar-refractivity contribution in [3.63, 3.8) is 0 Å². The van der Waals surface area contributed by atoms with Gasteiger partial charge in [0.25, 0.3) is 5.91 Å². The Morgan fingerprint density at radius 3 is 2.65 bits per heavy atom. The number of likely N-dealkylation sites (tertiary alicyclic amines) is 1. The van der Waals surface area contributed by atoms with Crippen LogP contribution in [-0.2, 0) is 0 Å². The number of nitrogens with two attached hydrogens (primary N) is 1. The number of nitrogens with zero attached hydrogens (tertiary/aromatic N) is 1. The van der Waals surface area contributed by atoms with Gasteiger partial charge in [0.15, 0.2) is 0 Å². The second-order valence-corrected chi connectivity index (χ2v) is 5.69. The Hall–Kier alpha value is -0.100. The number of hydrogen-bond donors (Lipinski definition) is 1. The molecular weight excluding hydrogens is 371 g/mol. The molecule has 1 aliphatic rings. The Labute approximate surface area is 123 Å². The number of hydrogen-bond acceptors (Lipinski definition) is 2. The molecule has 0 aromatic heterocycles. The second kappa shape index (κ2) is 6.18. The third-order valence-electron chi connectivity index (χ3n) is 2.67. The third kappa shape index (κ3) is 3.44. The molecule has 17 heavy (non-hydrogen) atoms. The molecule has 1 aromatic carbocycles. The Bertz CT molecular complexity index is 428. The maximum atomic E-state index is 12.1. The predicted molar refractivity (Wildman–Crippen MR) is 77.6 cm³/mol. The van der Waals surface area contributed by atoms with E-state index in [1.807, 2.05) is 18.2 Å². The van der Waals surface area contributed by atoms with E-state index < -0.39 is 0 Å². The summed E-state index contributed by atoms with van der Waals surface area (Å²) < 4.78 is 1.77. The topological polar surface area (TPSA) is 46.3 Å². The van der Waals surface area contributed by atoms with Gasteiger partial charge in [0.1, 0.15) is 0 Å². The molecule has 1 aliphatic heterocycles. The van der Waals surface area contributed by atoms with Crippen molar-refractivity contribution in [2.24, 2.45) is 5.73 Å². The zero-order valence-electron chi connectivity index (χ0n) is 9.03. The molecule has 3 nitrogen and oxygen atoms in total. The van der Waals surface area contributed by atoms with Gasteiger partial charge in [-0.15, -0.1) is 12.4 Å². The number of carbonyl (C=O) groups excluding carboxylic acids is 1. The van der Waals surface area contributed by atoms with Crippen LogP contribution in [0.5, 0.6) is 0 Å². The highest BCUT2D eigenvalue weighted by molar-refractivity contribution is 9.11. The summed E-state index contributed by atoms with van der Waals surface area (Å²) in [6.45, 7) is 1.41. The van der Waals surface area contributed by atoms with Crippen LogP contribution in [0.2, 0.25) is 0 Å². The Morgan fingerprint density at radius 2 is 2.12 bits per heavy atom. The molecule has 94 valence electrons. The van der Waals surface area contributed by atoms with Crippen molar-refractivity contribution in [3.05, 3.63) is 32.7 Å². The summed E-state index contributed by atoms with van der Waals surface area (Å²) in [5.74, 6) is 0.0484. The second-order valence-electron chi connectivity index (χ2n) is 3.92. The van der Waals surface area contributed by atoms with Gasteiger partial charge in [-0.2, -0.15) is 0 Å². The van der Waals surface area contributed by atoms with Crippen molar-refractivity contribution in [2.75, 3.05) is 13.1 Å². The summed E-state index contributed by atoms with van der Waals surface area (Å²) in [7, 11) is 0. The van der Waals surface area contributed by atoms with Crippen LogP contribution >= 0.6 is 44.3 Å². The van der Waals surface area contributed by atoms with Crippen LogP contribution in [0.1, 0.15) is 16.8 Å². The summed E-state index contributed by atoms with van der Waals surface area (Å²) in [6, 6.07) is 5.69. The maximum Gasteiger partial charge on any atom is 0.255 e. The zero-order valence-corrected chi connectivity index (χ0v) is 13.0. The van der Waals surface area contributed by atoms with Crippen molar-refractivity contribution in [1.29, 1.82) is 0 Å². The van der Waals surface area contributed by atoms with E-state index in [1.165, 1.54) is 0 Å². The standard InChI is InChI=1S/C11H12Br2N2O.ClH/c12-7-1-2-9(10(13)5-7)11(16)15-4-3-8(14)6-15;/h1-2,5,8H,3-4,6,14H2;1H. The number of benzene rings is 1. The number of amides is 1. The number of carbonyl (C=O) groups is 1. The molecule has 6 heteroatoms. The number of rotatable bonds is 1. The van der Waals surface area contributed by atoms with E-state index >= 15 is 0 Å². The molecule has 0 bridgehead atoms. The first-order valence-corrected chi connectivity index (χ1v) is 6.66. The summed E-state index contributed by atoms with van der Waals surface area (Å²) >= 11 is 6.76. The van der Waals surface area contributed by atoms with Crippen molar-refractivity contribution >= 4 is 50.2 Å². The van der Waals surface area contributed by atoms with Gasteiger partial charge in [-0.25, -0.2) is 0 Å². The van der Waals surface area contributed by atoms with Gasteiger partial charge < -0.3 is 10.6 Å². The van der Waals surface area contributed by atoms with Gasteiger partial charge in [0, 0.05) is 28.1 Å². The Balaban J connectivity index is 0.00000144. The highest BCUT2D eigenvalue weighted by atomic mass is 79.9. The van der Waals surface area contributed by atoms with Gasteiger partial charge in [-0.05, 0) is 40.5 Å². The third-order valence-corrected chi connectivity index (χ3v) is 3.82. The molecule has 0 aliphatic carbocycles. The van der Waals surface area contributed by atoms with Gasteiger partial charge in [0.2, 0.25) is 0 Å². The van der Waals surface area contributed by atoms with E-state index in [2.05, 4.69) is 31.9 Å². The van der Waals surface area contributed by atoms with Crippen LogP contribution in [0.15, 0.2) is 27.1 Å². The van der Waals surface area contributed by atoms with Gasteiger partial charge in [-0.3, -0.25) is 4.79 Å². The van der Waals surface area contributed by atoms with Gasteiger partial charge in [0.05, 0.1) is 5.56 Å². The van der Waals surface area contributed by atoms with E-state index in [9.17, 15) is 4.79 Å². The van der Waals surface area contributed by atoms with Crippen molar-refractivity contribution < 1.29 is 4.79 Å². The van der Waals surface area contributed by atoms with Crippen LogP contribution < -0.4 is 5.73 Å². The van der Waals surface area contributed by atoms with Crippen molar-refractivity contribution in [1.82, 2.24) is 4.90 Å². The molecule has 1 saturated heterocycles. The fraction of sp³-hybridized carbons (Fsp3) is 0.364. The van der Waals surface area contributed by atoms with Gasteiger partial charge in [-0.1, -0.05) is 15.9 Å². The molecule has 1 heterocycles. The molecular formula is C11H13Br2ClN2O. The SMILES string of the molecule is Cl.NC1CCN(C(=O)c2ccc(Br)cc2Br)C1. The molecule has 0 radical (unpaired) electrons. The average Bonchev–Trinajstić information content (AvgIpc) is 2.64. The Kier molecular flexibility index (Phi) is 5.44. The first-order valence-electron chi connectivity index (χ1n) is 5.08. The first-order chi connectivity index (χ1) is 7.58. The van der Waals surface area contributed by atoms with Crippen molar-refractivity contribution in [2.45, 2.75) is 12.5 Å². The lowest BCUT2D eigenvalue weighted by molar-refractivity contribution is 0.0790. The minimum Gasteiger partial charge on any atom is -0.337 e. The largest absolute Gasteiger partial charge is 0.337 e. The van der Waals surface area contributed by atoms with Crippen LogP contribution in [-0.4, -0.2) is 29.9 Å². The minimum absolute atomic E-state index is 0. The smallest absolute Gasteiger partial charge is 0.255 e. The van der Waals surface area contributed by atoms with Crippen LogP contribution in [0, 0.1) is 0 Å². The highest BCUT2D eigenvalue weighted by Crippen LogP contribution is 2.24. The molecule has 0 saturated carbocycles. The van der Waals surface area contributed by atoms with E-state index in [-0.39, 0.29) is 24.4 Å². The number of halogens is 3. The molecule has 1 aromatic rings. The monoisotopic (exact) mass is 382 g/mol. The Morgan fingerprint density at radius 1 is 1.41 bits per heavy atom. The summed E-state index contributed by atoms with van der Waals surface area (Å²) in [5.41, 5.74) is 6.48. The normalized spacial score (nSPS) is 19.0. The lowest BCUT2D eigenvalue weighted by Crippen LogP contribution is -2.32. The molecule has 1 amide bonds. The highest BCUT2D eigenvalue weighted by Gasteiger charge is 2.25. The van der Waals surface area contributed by atoms with E-state index in [4.69, 9.17) is 5.73 Å². The fourth-order valence-corrected chi connectivity index (χ4v) is 3.02.